The molecule has 2 rings (SSSR count). The Bertz CT molecular complexity index is 633. The lowest BCUT2D eigenvalue weighted by Gasteiger charge is -2.06. The average Bonchev–Trinajstić information content (AvgIpc) is 2.38. The number of benzene rings is 2. The summed E-state index contributed by atoms with van der Waals surface area (Å²) >= 11 is 0. The molecule has 0 heterocycles. The zero-order valence-corrected chi connectivity index (χ0v) is 9.42. The van der Waals surface area contributed by atoms with E-state index in [1.807, 2.05) is 12.1 Å². The van der Waals surface area contributed by atoms with Gasteiger partial charge >= 0.3 is 0 Å². The van der Waals surface area contributed by atoms with Gasteiger partial charge < -0.3 is 10.5 Å². The highest BCUT2D eigenvalue weighted by atomic mass is 16.5. The van der Waals surface area contributed by atoms with Crippen LogP contribution in [0.1, 0.15) is 11.1 Å². The fourth-order valence-electron chi connectivity index (χ4n) is 1.50. The molecule has 4 nitrogen and oxygen atoms in total. The van der Waals surface area contributed by atoms with Gasteiger partial charge in [-0.25, -0.2) is 0 Å². The molecule has 2 aromatic rings. The van der Waals surface area contributed by atoms with Gasteiger partial charge in [0, 0.05) is 11.8 Å². The van der Waals surface area contributed by atoms with Gasteiger partial charge in [0.1, 0.15) is 11.5 Å². The topological polar surface area (TPSA) is 82.8 Å². The molecule has 0 unspecified atom stereocenters. The SMILES string of the molecule is N#Cc1cc(C#N)cc(Oc2cccc(N)c2)c1. The van der Waals surface area contributed by atoms with Gasteiger partial charge in [0.2, 0.25) is 0 Å². The van der Waals surface area contributed by atoms with Gasteiger partial charge in [-0.1, -0.05) is 6.07 Å². The summed E-state index contributed by atoms with van der Waals surface area (Å²) in [6, 6.07) is 15.6. The maximum Gasteiger partial charge on any atom is 0.130 e. The maximum atomic E-state index is 8.86. The van der Waals surface area contributed by atoms with Gasteiger partial charge in [-0.15, -0.1) is 0 Å². The van der Waals surface area contributed by atoms with Crippen LogP contribution in [0.3, 0.4) is 0 Å². The summed E-state index contributed by atoms with van der Waals surface area (Å²) in [5, 5.41) is 17.7. The third kappa shape index (κ3) is 2.58. The molecule has 0 aliphatic carbocycles. The average molecular weight is 235 g/mol. The molecule has 0 saturated heterocycles. The molecule has 0 aromatic heterocycles. The van der Waals surface area contributed by atoms with Crippen molar-refractivity contribution in [2.45, 2.75) is 0 Å². The normalized spacial score (nSPS) is 9.22. The van der Waals surface area contributed by atoms with Crippen molar-refractivity contribution in [3.63, 3.8) is 0 Å². The van der Waals surface area contributed by atoms with Gasteiger partial charge in [0.25, 0.3) is 0 Å². The molecular weight excluding hydrogens is 226 g/mol. The van der Waals surface area contributed by atoms with Crippen LogP contribution in [-0.4, -0.2) is 0 Å². The number of nitrogens with two attached hydrogens (primary N) is 1. The smallest absolute Gasteiger partial charge is 0.130 e. The number of nitriles is 2. The summed E-state index contributed by atoms with van der Waals surface area (Å²) < 4.78 is 5.56. The zero-order chi connectivity index (χ0) is 13.0. The van der Waals surface area contributed by atoms with Crippen LogP contribution in [-0.2, 0) is 0 Å². The molecular formula is C14H9N3O. The first-order valence-corrected chi connectivity index (χ1v) is 5.20. The molecule has 0 bridgehead atoms. The van der Waals surface area contributed by atoms with E-state index < -0.39 is 0 Å². The molecule has 0 aliphatic heterocycles. The van der Waals surface area contributed by atoms with Crippen molar-refractivity contribution < 1.29 is 4.74 Å². The second kappa shape index (κ2) is 4.90. The number of hydrogen-bond acceptors (Lipinski definition) is 4. The molecule has 0 atom stereocenters. The van der Waals surface area contributed by atoms with Gasteiger partial charge in [0.15, 0.2) is 0 Å². The fourth-order valence-corrected chi connectivity index (χ4v) is 1.50. The standard InChI is InChI=1S/C14H9N3O/c15-8-10-4-11(9-16)6-14(5-10)18-13-3-1-2-12(17)7-13/h1-7H,17H2. The molecule has 2 aromatic carbocycles. The number of anilines is 1. The van der Waals surface area contributed by atoms with Crippen molar-refractivity contribution in [3.8, 4) is 23.6 Å². The monoisotopic (exact) mass is 235 g/mol. The summed E-state index contributed by atoms with van der Waals surface area (Å²) in [7, 11) is 0. The van der Waals surface area contributed by atoms with Crippen molar-refractivity contribution in [2.24, 2.45) is 0 Å². The Morgan fingerprint density at radius 1 is 0.889 bits per heavy atom. The van der Waals surface area contributed by atoms with Crippen LogP contribution in [0.5, 0.6) is 11.5 Å². The molecule has 4 heteroatoms. The van der Waals surface area contributed by atoms with Gasteiger partial charge in [-0.05, 0) is 30.3 Å². The third-order valence-electron chi connectivity index (χ3n) is 2.26. The van der Waals surface area contributed by atoms with E-state index in [1.165, 1.54) is 6.07 Å². The van der Waals surface area contributed by atoms with E-state index in [1.54, 1.807) is 36.4 Å². The van der Waals surface area contributed by atoms with Crippen molar-refractivity contribution in [1.82, 2.24) is 0 Å². The lowest BCUT2D eigenvalue weighted by Crippen LogP contribution is -1.89. The molecule has 0 radical (unpaired) electrons. The van der Waals surface area contributed by atoms with E-state index in [4.69, 9.17) is 21.0 Å². The predicted octanol–water partition coefficient (Wildman–Crippen LogP) is 2.80. The van der Waals surface area contributed by atoms with E-state index in [2.05, 4.69) is 0 Å². The number of nitrogens with zero attached hydrogens (tertiary/aromatic N) is 2. The second-order valence-electron chi connectivity index (χ2n) is 3.64. The van der Waals surface area contributed by atoms with Gasteiger partial charge in [0.05, 0.1) is 23.3 Å². The highest BCUT2D eigenvalue weighted by Crippen LogP contribution is 2.25. The molecule has 0 aliphatic rings. The van der Waals surface area contributed by atoms with E-state index >= 15 is 0 Å². The summed E-state index contributed by atoms with van der Waals surface area (Å²) in [6.07, 6.45) is 0. The summed E-state index contributed by atoms with van der Waals surface area (Å²) in [4.78, 5) is 0. The molecule has 86 valence electrons. The van der Waals surface area contributed by atoms with Crippen LogP contribution in [0.4, 0.5) is 5.69 Å². The Balaban J connectivity index is 2.35. The molecule has 0 saturated carbocycles. The van der Waals surface area contributed by atoms with E-state index in [9.17, 15) is 0 Å². The fraction of sp³-hybridized carbons (Fsp3) is 0. The molecule has 0 spiro atoms. The van der Waals surface area contributed by atoms with Crippen LogP contribution in [0.15, 0.2) is 42.5 Å². The summed E-state index contributed by atoms with van der Waals surface area (Å²) in [6.45, 7) is 0. The maximum absolute atomic E-state index is 8.86. The van der Waals surface area contributed by atoms with Crippen molar-refractivity contribution >= 4 is 5.69 Å². The molecule has 0 amide bonds. The van der Waals surface area contributed by atoms with Crippen molar-refractivity contribution in [1.29, 1.82) is 10.5 Å². The number of hydrogen-bond donors (Lipinski definition) is 1. The molecule has 0 fully saturated rings. The Kier molecular flexibility index (Phi) is 3.13. The van der Waals surface area contributed by atoms with Crippen LogP contribution in [0.2, 0.25) is 0 Å². The number of ether oxygens (including phenoxy) is 1. The van der Waals surface area contributed by atoms with Crippen LogP contribution < -0.4 is 10.5 Å². The van der Waals surface area contributed by atoms with E-state index in [0.717, 1.165) is 0 Å². The lowest BCUT2D eigenvalue weighted by molar-refractivity contribution is 0.482. The third-order valence-corrected chi connectivity index (χ3v) is 2.26. The minimum absolute atomic E-state index is 0.382. The first-order chi connectivity index (χ1) is 8.71. The Morgan fingerprint density at radius 3 is 2.11 bits per heavy atom. The lowest BCUT2D eigenvalue weighted by atomic mass is 10.1. The highest BCUT2D eigenvalue weighted by Gasteiger charge is 2.03. The van der Waals surface area contributed by atoms with Gasteiger partial charge in [-0.3, -0.25) is 0 Å². The first kappa shape index (κ1) is 11.5. The largest absolute Gasteiger partial charge is 0.457 e. The minimum Gasteiger partial charge on any atom is -0.457 e. The number of nitrogen functional groups attached to an aromatic ring is 1. The second-order valence-corrected chi connectivity index (χ2v) is 3.64. The van der Waals surface area contributed by atoms with Crippen molar-refractivity contribution in [2.75, 3.05) is 5.73 Å². The van der Waals surface area contributed by atoms with E-state index in [0.29, 0.717) is 28.3 Å². The molecule has 2 N–H and O–H groups in total. The van der Waals surface area contributed by atoms with Crippen LogP contribution >= 0.6 is 0 Å². The Labute approximate surface area is 104 Å². The summed E-state index contributed by atoms with van der Waals surface area (Å²) in [5.74, 6) is 1.00. The van der Waals surface area contributed by atoms with Crippen molar-refractivity contribution in [3.05, 3.63) is 53.6 Å². The van der Waals surface area contributed by atoms with E-state index in [-0.39, 0.29) is 0 Å². The number of rotatable bonds is 2. The predicted molar refractivity (Wildman–Crippen MR) is 66.8 cm³/mol. The minimum atomic E-state index is 0.382. The highest BCUT2D eigenvalue weighted by molar-refractivity contribution is 5.49. The molecule has 18 heavy (non-hydrogen) atoms. The quantitative estimate of drug-likeness (QED) is 0.811. The van der Waals surface area contributed by atoms with Gasteiger partial charge in [-0.2, -0.15) is 10.5 Å². The Hall–Kier alpha value is -2.98. The Morgan fingerprint density at radius 2 is 1.56 bits per heavy atom. The first-order valence-electron chi connectivity index (χ1n) is 5.20. The summed E-state index contributed by atoms with van der Waals surface area (Å²) in [5.41, 5.74) is 6.99. The van der Waals surface area contributed by atoms with Crippen LogP contribution in [0, 0.1) is 22.7 Å². The zero-order valence-electron chi connectivity index (χ0n) is 9.42. The van der Waals surface area contributed by atoms with Crippen LogP contribution in [0.25, 0.3) is 0 Å².